The summed E-state index contributed by atoms with van der Waals surface area (Å²) >= 11 is 0. The Morgan fingerprint density at radius 2 is 1.86 bits per heavy atom. The molecule has 2 aromatic carbocycles. The number of hydrogen-bond acceptors (Lipinski definition) is 7. The van der Waals surface area contributed by atoms with Gasteiger partial charge in [-0.2, -0.15) is 17.7 Å². The fourth-order valence-corrected chi connectivity index (χ4v) is 3.16. The number of nitrogens with one attached hydrogen (secondary N) is 1. The Bertz CT molecular complexity index is 1330. The summed E-state index contributed by atoms with van der Waals surface area (Å²) in [5, 5.41) is 15.2. The number of halogens is 3. The zero-order chi connectivity index (χ0) is 24.8. The molecule has 0 spiro atoms. The molecule has 0 aliphatic rings. The first kappa shape index (κ1) is 23.8. The predicted molar refractivity (Wildman–Crippen MR) is 118 cm³/mol. The van der Waals surface area contributed by atoms with Gasteiger partial charge >= 0.3 is 6.18 Å². The molecule has 1 N–H and O–H groups in total. The highest BCUT2D eigenvalue weighted by atomic mass is 19.4. The summed E-state index contributed by atoms with van der Waals surface area (Å²) in [5.74, 6) is 0.422. The number of benzene rings is 2. The Labute approximate surface area is 197 Å². The first-order chi connectivity index (χ1) is 16.8. The van der Waals surface area contributed by atoms with E-state index in [1.165, 1.54) is 16.6 Å². The van der Waals surface area contributed by atoms with E-state index in [2.05, 4.69) is 20.6 Å². The molecule has 12 heteroatoms. The van der Waals surface area contributed by atoms with E-state index in [4.69, 9.17) is 14.2 Å². The van der Waals surface area contributed by atoms with Crippen LogP contribution in [0.1, 0.15) is 5.56 Å². The van der Waals surface area contributed by atoms with Crippen LogP contribution in [0.25, 0.3) is 17.0 Å². The van der Waals surface area contributed by atoms with E-state index in [1.807, 2.05) is 18.2 Å². The average molecular weight is 487 g/mol. The summed E-state index contributed by atoms with van der Waals surface area (Å²) in [6.45, 7) is -0.407. The molecular weight excluding hydrogens is 467 g/mol. The average Bonchev–Trinajstić information content (AvgIpc) is 3.28. The fourth-order valence-electron chi connectivity index (χ4n) is 3.16. The second-order valence-electron chi connectivity index (χ2n) is 7.18. The van der Waals surface area contributed by atoms with Gasteiger partial charge in [0.2, 0.25) is 5.88 Å². The Morgan fingerprint density at radius 3 is 2.66 bits per heavy atom. The molecule has 0 unspecified atom stereocenters. The lowest BCUT2D eigenvalue weighted by atomic mass is 10.2. The van der Waals surface area contributed by atoms with Crippen molar-refractivity contribution in [3.05, 3.63) is 66.2 Å². The van der Waals surface area contributed by atoms with Gasteiger partial charge in [0.05, 0.1) is 19.2 Å². The molecule has 0 fully saturated rings. The van der Waals surface area contributed by atoms with Crippen LogP contribution >= 0.6 is 0 Å². The van der Waals surface area contributed by atoms with Crippen LogP contribution in [-0.4, -0.2) is 52.6 Å². The molecule has 0 saturated heterocycles. The fraction of sp³-hybridized carbons (Fsp3) is 0.217. The third-order valence-electron chi connectivity index (χ3n) is 4.79. The van der Waals surface area contributed by atoms with Crippen molar-refractivity contribution >= 4 is 11.6 Å². The molecule has 4 aromatic rings. The lowest BCUT2D eigenvalue weighted by molar-refractivity contribution is -0.139. The Balaban J connectivity index is 1.31. The Morgan fingerprint density at radius 1 is 1.03 bits per heavy atom. The molecule has 2 aromatic heterocycles. The van der Waals surface area contributed by atoms with Crippen LogP contribution in [0.15, 0.2) is 60.7 Å². The summed E-state index contributed by atoms with van der Waals surface area (Å²) in [4.78, 5) is 12.0. The van der Waals surface area contributed by atoms with Crippen LogP contribution in [0.5, 0.6) is 17.4 Å². The summed E-state index contributed by atoms with van der Waals surface area (Å²) < 4.78 is 56.4. The first-order valence-corrected chi connectivity index (χ1v) is 10.4. The van der Waals surface area contributed by atoms with Crippen molar-refractivity contribution in [2.75, 3.05) is 26.9 Å². The van der Waals surface area contributed by atoms with Gasteiger partial charge < -0.3 is 19.5 Å². The molecule has 9 nitrogen and oxygen atoms in total. The summed E-state index contributed by atoms with van der Waals surface area (Å²) in [6, 6.07) is 15.3. The summed E-state index contributed by atoms with van der Waals surface area (Å²) in [7, 11) is 1.57. The zero-order valence-electron chi connectivity index (χ0n) is 18.5. The standard InChI is InChI=1S/C23H20F3N5O4/c1-33-16-6-4-5-15(13-16)22-29-28-19-9-10-21(30-31(19)22)34-12-11-27-20(32)14-35-18-8-3-2-7-17(18)23(24,25)26/h2-10,13H,11-12,14H2,1H3,(H,27,32). The zero-order valence-corrected chi connectivity index (χ0v) is 18.5. The van der Waals surface area contributed by atoms with Crippen LogP contribution in [0.3, 0.4) is 0 Å². The topological polar surface area (TPSA) is 99.9 Å². The molecule has 2 heterocycles. The highest BCUT2D eigenvalue weighted by molar-refractivity contribution is 5.77. The van der Waals surface area contributed by atoms with Crippen LogP contribution < -0.4 is 19.5 Å². The lowest BCUT2D eigenvalue weighted by Gasteiger charge is -2.13. The smallest absolute Gasteiger partial charge is 0.419 e. The normalized spacial score (nSPS) is 11.3. The Kier molecular flexibility index (Phi) is 6.99. The second kappa shape index (κ2) is 10.3. The van der Waals surface area contributed by atoms with Crippen molar-refractivity contribution in [2.45, 2.75) is 6.18 Å². The summed E-state index contributed by atoms with van der Waals surface area (Å²) in [5.41, 5.74) is 0.320. The minimum atomic E-state index is -4.58. The van der Waals surface area contributed by atoms with E-state index in [1.54, 1.807) is 25.3 Å². The molecule has 1 amide bonds. The van der Waals surface area contributed by atoms with Crippen molar-refractivity contribution in [3.63, 3.8) is 0 Å². The number of para-hydroxylation sites is 1. The van der Waals surface area contributed by atoms with E-state index in [9.17, 15) is 18.0 Å². The number of rotatable bonds is 9. The monoisotopic (exact) mass is 487 g/mol. The molecule has 0 bridgehead atoms. The molecule has 35 heavy (non-hydrogen) atoms. The molecule has 0 saturated carbocycles. The lowest BCUT2D eigenvalue weighted by Crippen LogP contribution is -2.32. The summed E-state index contributed by atoms with van der Waals surface area (Å²) in [6.07, 6.45) is -4.58. The Hall–Kier alpha value is -4.35. The highest BCUT2D eigenvalue weighted by Gasteiger charge is 2.34. The number of carbonyl (C=O) groups is 1. The number of nitrogens with zero attached hydrogens (tertiary/aromatic N) is 4. The van der Waals surface area contributed by atoms with E-state index in [-0.39, 0.29) is 19.0 Å². The van der Waals surface area contributed by atoms with Crippen molar-refractivity contribution in [1.29, 1.82) is 0 Å². The van der Waals surface area contributed by atoms with Crippen LogP contribution in [-0.2, 0) is 11.0 Å². The van der Waals surface area contributed by atoms with Crippen molar-refractivity contribution < 1.29 is 32.2 Å². The van der Waals surface area contributed by atoms with Gasteiger partial charge in [-0.15, -0.1) is 15.3 Å². The molecule has 4 rings (SSSR count). The minimum absolute atomic E-state index is 0.0694. The number of fused-ring (bicyclic) bond motifs is 1. The maximum Gasteiger partial charge on any atom is 0.419 e. The predicted octanol–water partition coefficient (Wildman–Crippen LogP) is 3.39. The van der Waals surface area contributed by atoms with E-state index < -0.39 is 30.0 Å². The SMILES string of the molecule is COc1cccc(-c2nnc3ccc(OCCNC(=O)COc4ccccc4C(F)(F)F)nn23)c1. The molecule has 0 atom stereocenters. The third kappa shape index (κ3) is 5.78. The van der Waals surface area contributed by atoms with E-state index in [0.717, 1.165) is 17.7 Å². The quantitative estimate of drug-likeness (QED) is 0.361. The van der Waals surface area contributed by atoms with Gasteiger partial charge in [0, 0.05) is 11.6 Å². The van der Waals surface area contributed by atoms with Gasteiger partial charge in [0.25, 0.3) is 5.91 Å². The number of aromatic nitrogens is 4. The molecule has 182 valence electrons. The number of alkyl halides is 3. The van der Waals surface area contributed by atoms with Gasteiger partial charge in [-0.1, -0.05) is 24.3 Å². The van der Waals surface area contributed by atoms with Crippen molar-refractivity contribution in [1.82, 2.24) is 25.1 Å². The number of ether oxygens (including phenoxy) is 3. The van der Waals surface area contributed by atoms with Crippen LogP contribution in [0, 0.1) is 0 Å². The first-order valence-electron chi connectivity index (χ1n) is 10.4. The highest BCUT2D eigenvalue weighted by Crippen LogP contribution is 2.35. The van der Waals surface area contributed by atoms with Crippen LogP contribution in [0.4, 0.5) is 13.2 Å². The molecule has 0 aliphatic carbocycles. The number of amides is 1. The largest absolute Gasteiger partial charge is 0.497 e. The third-order valence-corrected chi connectivity index (χ3v) is 4.79. The maximum absolute atomic E-state index is 13.0. The maximum atomic E-state index is 13.0. The van der Waals surface area contributed by atoms with Gasteiger partial charge in [0.15, 0.2) is 18.1 Å². The second-order valence-corrected chi connectivity index (χ2v) is 7.18. The molecule has 0 aliphatic heterocycles. The number of methoxy groups -OCH3 is 1. The minimum Gasteiger partial charge on any atom is -0.497 e. The molecular formula is C23H20F3N5O4. The van der Waals surface area contributed by atoms with E-state index >= 15 is 0 Å². The van der Waals surface area contributed by atoms with Gasteiger partial charge in [-0.25, -0.2) is 0 Å². The number of carbonyl (C=O) groups excluding carboxylic acids is 1. The van der Waals surface area contributed by atoms with Gasteiger partial charge in [0.1, 0.15) is 18.1 Å². The number of hydrogen-bond donors (Lipinski definition) is 1. The molecule has 0 radical (unpaired) electrons. The van der Waals surface area contributed by atoms with Gasteiger partial charge in [-0.3, -0.25) is 4.79 Å². The van der Waals surface area contributed by atoms with Crippen LogP contribution in [0.2, 0.25) is 0 Å². The van der Waals surface area contributed by atoms with E-state index in [0.29, 0.717) is 17.2 Å². The van der Waals surface area contributed by atoms with Gasteiger partial charge in [-0.05, 0) is 30.3 Å². The van der Waals surface area contributed by atoms with Crippen molar-refractivity contribution in [2.24, 2.45) is 0 Å². The van der Waals surface area contributed by atoms with Crippen molar-refractivity contribution in [3.8, 4) is 28.8 Å².